The number of urea groups is 1. The van der Waals surface area contributed by atoms with Gasteiger partial charge in [-0.25, -0.2) is 9.59 Å². The maximum absolute atomic E-state index is 11.3. The van der Waals surface area contributed by atoms with Crippen LogP contribution in [0.3, 0.4) is 0 Å². The van der Waals surface area contributed by atoms with Crippen LogP contribution in [-0.4, -0.2) is 32.8 Å². The molecule has 3 amide bonds. The number of carbonyl (C=O) groups is 3. The zero-order chi connectivity index (χ0) is 12.3. The number of aromatic nitrogens is 2. The van der Waals surface area contributed by atoms with Crippen LogP contribution in [-0.2, 0) is 4.79 Å². The lowest BCUT2D eigenvalue weighted by Gasteiger charge is -2.10. The molecule has 0 aromatic carbocycles. The molecule has 0 aliphatic carbocycles. The fourth-order valence-corrected chi connectivity index (χ4v) is 1.01. The number of imide groups is 1. The molecule has 1 rings (SSSR count). The van der Waals surface area contributed by atoms with Gasteiger partial charge >= 0.3 is 12.0 Å². The molecule has 4 N–H and O–H groups in total. The number of carbonyl (C=O) groups excluding carboxylic acids is 2. The Bertz CT molecular complexity index is 439. The molecule has 0 saturated heterocycles. The lowest BCUT2D eigenvalue weighted by molar-refractivity contribution is -0.122. The van der Waals surface area contributed by atoms with Crippen molar-refractivity contribution in [2.24, 2.45) is 5.73 Å². The van der Waals surface area contributed by atoms with E-state index in [0.29, 0.717) is 0 Å². The molecule has 1 atom stereocenters. The van der Waals surface area contributed by atoms with Gasteiger partial charge in [0.1, 0.15) is 6.04 Å². The third-order valence-corrected chi connectivity index (χ3v) is 1.85. The van der Waals surface area contributed by atoms with Gasteiger partial charge in [-0.1, -0.05) is 0 Å². The van der Waals surface area contributed by atoms with E-state index < -0.39 is 23.9 Å². The molecule has 0 saturated carbocycles. The van der Waals surface area contributed by atoms with E-state index in [1.165, 1.54) is 19.2 Å². The molecule has 8 nitrogen and oxygen atoms in total. The van der Waals surface area contributed by atoms with Crippen molar-refractivity contribution in [2.45, 2.75) is 13.0 Å². The SMILES string of the molecule is CC(C(=O)NC(N)=O)n1ccc(C(=O)O)n1. The van der Waals surface area contributed by atoms with E-state index in [9.17, 15) is 14.4 Å². The van der Waals surface area contributed by atoms with Crippen molar-refractivity contribution < 1.29 is 19.5 Å². The van der Waals surface area contributed by atoms with Crippen molar-refractivity contribution >= 4 is 17.9 Å². The molecule has 1 unspecified atom stereocenters. The van der Waals surface area contributed by atoms with Gasteiger partial charge in [-0.05, 0) is 13.0 Å². The van der Waals surface area contributed by atoms with Crippen LogP contribution in [0.2, 0.25) is 0 Å². The highest BCUT2D eigenvalue weighted by molar-refractivity contribution is 5.95. The van der Waals surface area contributed by atoms with Crippen molar-refractivity contribution in [3.63, 3.8) is 0 Å². The normalized spacial score (nSPS) is 11.8. The summed E-state index contributed by atoms with van der Waals surface area (Å²) in [6.45, 7) is 1.46. The molecule has 16 heavy (non-hydrogen) atoms. The van der Waals surface area contributed by atoms with Gasteiger partial charge in [0.2, 0.25) is 0 Å². The Morgan fingerprint density at radius 2 is 2.19 bits per heavy atom. The Morgan fingerprint density at radius 3 is 2.62 bits per heavy atom. The van der Waals surface area contributed by atoms with Crippen molar-refractivity contribution in [2.75, 3.05) is 0 Å². The van der Waals surface area contributed by atoms with Crippen LogP contribution < -0.4 is 11.1 Å². The minimum absolute atomic E-state index is 0.182. The van der Waals surface area contributed by atoms with Crippen molar-refractivity contribution in [1.29, 1.82) is 0 Å². The van der Waals surface area contributed by atoms with Crippen molar-refractivity contribution in [3.05, 3.63) is 18.0 Å². The lowest BCUT2D eigenvalue weighted by Crippen LogP contribution is -2.39. The number of hydrogen-bond donors (Lipinski definition) is 3. The highest BCUT2D eigenvalue weighted by Crippen LogP contribution is 2.05. The van der Waals surface area contributed by atoms with E-state index in [1.54, 1.807) is 0 Å². The molecule has 0 spiro atoms. The van der Waals surface area contributed by atoms with E-state index in [-0.39, 0.29) is 5.69 Å². The first-order chi connectivity index (χ1) is 7.41. The fraction of sp³-hybridized carbons (Fsp3) is 0.250. The average Bonchev–Trinajstić information content (AvgIpc) is 2.64. The minimum atomic E-state index is -1.19. The molecule has 1 aromatic heterocycles. The maximum atomic E-state index is 11.3. The Kier molecular flexibility index (Phi) is 3.24. The molecule has 8 heteroatoms. The smallest absolute Gasteiger partial charge is 0.356 e. The first-order valence-electron chi connectivity index (χ1n) is 4.30. The average molecular weight is 226 g/mol. The molecule has 0 radical (unpaired) electrons. The summed E-state index contributed by atoms with van der Waals surface area (Å²) in [4.78, 5) is 32.3. The second kappa shape index (κ2) is 4.43. The van der Waals surface area contributed by atoms with Gasteiger partial charge in [0.25, 0.3) is 5.91 Å². The molecule has 1 heterocycles. The third kappa shape index (κ3) is 2.56. The number of rotatable bonds is 3. The zero-order valence-corrected chi connectivity index (χ0v) is 8.38. The van der Waals surface area contributed by atoms with Gasteiger partial charge in [-0.3, -0.25) is 14.8 Å². The largest absolute Gasteiger partial charge is 0.476 e. The number of nitrogens with zero attached hydrogens (tertiary/aromatic N) is 2. The van der Waals surface area contributed by atoms with Crippen LogP contribution in [0, 0.1) is 0 Å². The molecule has 0 aliphatic heterocycles. The second-order valence-corrected chi connectivity index (χ2v) is 3.02. The number of amides is 3. The molecular weight excluding hydrogens is 216 g/mol. The summed E-state index contributed by atoms with van der Waals surface area (Å²) < 4.78 is 1.13. The van der Waals surface area contributed by atoms with Gasteiger partial charge in [0.15, 0.2) is 5.69 Å². The van der Waals surface area contributed by atoms with Crippen LogP contribution >= 0.6 is 0 Å². The summed E-state index contributed by atoms with van der Waals surface area (Å²) in [5.74, 6) is -1.85. The van der Waals surface area contributed by atoms with Crippen LogP contribution in [0.1, 0.15) is 23.5 Å². The van der Waals surface area contributed by atoms with Gasteiger partial charge in [-0.2, -0.15) is 5.10 Å². The van der Waals surface area contributed by atoms with Crippen molar-refractivity contribution in [3.8, 4) is 0 Å². The summed E-state index contributed by atoms with van der Waals surface area (Å²) in [6, 6.07) is -0.542. The minimum Gasteiger partial charge on any atom is -0.476 e. The van der Waals surface area contributed by atoms with Gasteiger partial charge in [0.05, 0.1) is 0 Å². The van der Waals surface area contributed by atoms with Gasteiger partial charge in [0, 0.05) is 6.20 Å². The predicted octanol–water partition coefficient (Wildman–Crippen LogP) is -0.663. The second-order valence-electron chi connectivity index (χ2n) is 3.02. The van der Waals surface area contributed by atoms with Crippen LogP contribution in [0.5, 0.6) is 0 Å². The number of hydrogen-bond acceptors (Lipinski definition) is 4. The Morgan fingerprint density at radius 1 is 1.56 bits per heavy atom. The van der Waals surface area contributed by atoms with E-state index in [4.69, 9.17) is 10.8 Å². The van der Waals surface area contributed by atoms with E-state index >= 15 is 0 Å². The van der Waals surface area contributed by atoms with E-state index in [2.05, 4.69) is 5.10 Å². The third-order valence-electron chi connectivity index (χ3n) is 1.85. The number of carboxylic acids is 1. The zero-order valence-electron chi connectivity index (χ0n) is 8.38. The number of aromatic carboxylic acids is 1. The topological polar surface area (TPSA) is 127 Å². The molecule has 0 aliphatic rings. The van der Waals surface area contributed by atoms with Crippen LogP contribution in [0.15, 0.2) is 12.3 Å². The summed E-state index contributed by atoms with van der Waals surface area (Å²) in [6.07, 6.45) is 1.33. The fourth-order valence-electron chi connectivity index (χ4n) is 1.01. The van der Waals surface area contributed by atoms with E-state index in [1.807, 2.05) is 5.32 Å². The number of carboxylic acid groups (broad SMARTS) is 1. The lowest BCUT2D eigenvalue weighted by atomic mass is 10.3. The van der Waals surface area contributed by atoms with Crippen LogP contribution in [0.25, 0.3) is 0 Å². The van der Waals surface area contributed by atoms with Crippen molar-refractivity contribution in [1.82, 2.24) is 15.1 Å². The number of nitrogens with two attached hydrogens (primary N) is 1. The molecule has 0 bridgehead atoms. The summed E-state index contributed by atoms with van der Waals surface area (Å²) in [5.41, 5.74) is 4.59. The highest BCUT2D eigenvalue weighted by atomic mass is 16.4. The number of nitrogens with one attached hydrogen (secondary N) is 1. The highest BCUT2D eigenvalue weighted by Gasteiger charge is 2.18. The standard InChI is InChI=1S/C8H10N4O4/c1-4(6(13)10-8(9)16)12-3-2-5(11-12)7(14)15/h2-4H,1H3,(H,14,15)(H3,9,10,13,16). The first kappa shape index (κ1) is 11.7. The monoisotopic (exact) mass is 226 g/mol. The Balaban J connectivity index is 2.79. The first-order valence-corrected chi connectivity index (χ1v) is 4.30. The maximum Gasteiger partial charge on any atom is 0.356 e. The summed E-state index contributed by atoms with van der Waals surface area (Å²) >= 11 is 0. The molecule has 1 aromatic rings. The van der Waals surface area contributed by atoms with E-state index in [0.717, 1.165) is 4.68 Å². The molecule has 0 fully saturated rings. The molecule has 86 valence electrons. The Labute approximate surface area is 90.0 Å². The summed E-state index contributed by atoms with van der Waals surface area (Å²) in [7, 11) is 0. The summed E-state index contributed by atoms with van der Waals surface area (Å²) in [5, 5.41) is 14.1. The molecular formula is C8H10N4O4. The predicted molar refractivity (Wildman–Crippen MR) is 51.6 cm³/mol. The van der Waals surface area contributed by atoms with Gasteiger partial charge in [-0.15, -0.1) is 0 Å². The number of primary amides is 1. The van der Waals surface area contributed by atoms with Crippen LogP contribution in [0.4, 0.5) is 4.79 Å². The quantitative estimate of drug-likeness (QED) is 0.630. The van der Waals surface area contributed by atoms with Gasteiger partial charge < -0.3 is 10.8 Å². The Hall–Kier alpha value is -2.38.